The highest BCUT2D eigenvalue weighted by molar-refractivity contribution is 7.13. The van der Waals surface area contributed by atoms with Crippen molar-refractivity contribution in [3.8, 4) is 21.8 Å². The summed E-state index contributed by atoms with van der Waals surface area (Å²) in [7, 11) is 1.46. The van der Waals surface area contributed by atoms with Gasteiger partial charge in [-0.15, -0.1) is 11.3 Å². The van der Waals surface area contributed by atoms with Crippen molar-refractivity contribution < 1.29 is 13.6 Å². The molecule has 2 aromatic carbocycles. The van der Waals surface area contributed by atoms with Crippen molar-refractivity contribution in [1.29, 1.82) is 0 Å². The Hall–Kier alpha value is -3.23. The van der Waals surface area contributed by atoms with Gasteiger partial charge in [-0.2, -0.15) is 0 Å². The highest BCUT2D eigenvalue weighted by Crippen LogP contribution is 2.35. The second kappa shape index (κ2) is 8.25. The molecule has 0 saturated heterocycles. The van der Waals surface area contributed by atoms with E-state index in [0.29, 0.717) is 22.6 Å². The van der Waals surface area contributed by atoms with E-state index >= 15 is 0 Å². The van der Waals surface area contributed by atoms with Gasteiger partial charge in [-0.1, -0.05) is 18.2 Å². The summed E-state index contributed by atoms with van der Waals surface area (Å²) in [5, 5.41) is 0.123. The number of aromatic nitrogens is 3. The minimum Gasteiger partial charge on any atom is -0.311 e. The third-order valence-corrected chi connectivity index (χ3v) is 5.45. The van der Waals surface area contributed by atoms with Crippen molar-refractivity contribution in [3.05, 3.63) is 82.7 Å². The quantitative estimate of drug-likeness (QED) is 0.393. The summed E-state index contributed by atoms with van der Waals surface area (Å²) in [6.07, 6.45) is 1.56. The Morgan fingerprint density at radius 3 is 2.53 bits per heavy atom. The molecule has 0 aliphatic rings. The van der Waals surface area contributed by atoms with E-state index in [9.17, 15) is 13.6 Å². The minimum absolute atomic E-state index is 0.123. The second-order valence-corrected chi connectivity index (χ2v) is 7.44. The number of nitrogens with zero attached hydrogens (tertiary/aromatic N) is 4. The van der Waals surface area contributed by atoms with Crippen LogP contribution in [0, 0.1) is 11.6 Å². The summed E-state index contributed by atoms with van der Waals surface area (Å²) in [6.45, 7) is 0. The smallest absolute Gasteiger partial charge is 0.263 e. The van der Waals surface area contributed by atoms with Crippen LogP contribution in [0.5, 0.6) is 0 Å². The molecule has 4 rings (SSSR count). The van der Waals surface area contributed by atoms with Gasteiger partial charge in [-0.25, -0.2) is 23.7 Å². The summed E-state index contributed by atoms with van der Waals surface area (Å²) in [4.78, 5) is 27.2. The topological polar surface area (TPSA) is 59.0 Å². The molecule has 4 aromatic rings. The van der Waals surface area contributed by atoms with Crippen LogP contribution in [-0.2, 0) is 0 Å². The SMILES string of the molecule is CN(C(=O)c1c(F)cccc1F)c1cccc(-c2ncsc2-c2ccnc(Cl)n2)c1. The fourth-order valence-corrected chi connectivity index (χ4v) is 3.87. The van der Waals surface area contributed by atoms with Crippen LogP contribution in [0.4, 0.5) is 14.5 Å². The van der Waals surface area contributed by atoms with Crippen molar-refractivity contribution in [2.24, 2.45) is 0 Å². The van der Waals surface area contributed by atoms with E-state index in [1.54, 1.807) is 36.0 Å². The average Bonchev–Trinajstić information content (AvgIpc) is 3.23. The zero-order chi connectivity index (χ0) is 21.3. The Kier molecular flexibility index (Phi) is 5.52. The second-order valence-electron chi connectivity index (χ2n) is 6.25. The molecular weight excluding hydrogens is 430 g/mol. The maximum Gasteiger partial charge on any atom is 0.263 e. The summed E-state index contributed by atoms with van der Waals surface area (Å²) < 4.78 is 28.1. The maximum absolute atomic E-state index is 14.0. The number of amides is 1. The molecule has 1 amide bonds. The number of halogens is 3. The van der Waals surface area contributed by atoms with Crippen molar-refractivity contribution in [2.75, 3.05) is 11.9 Å². The average molecular weight is 443 g/mol. The molecule has 9 heteroatoms. The van der Waals surface area contributed by atoms with Crippen molar-refractivity contribution in [3.63, 3.8) is 0 Å². The number of hydrogen-bond donors (Lipinski definition) is 0. The maximum atomic E-state index is 14.0. The van der Waals surface area contributed by atoms with Crippen LogP contribution >= 0.6 is 22.9 Å². The standard InChI is InChI=1S/C21H13ClF2N4OS/c1-28(20(29)17-14(23)6-3-7-15(17)24)13-5-2-4-12(10-13)18-19(30-11-26-18)16-8-9-25-21(22)27-16/h2-11H,1H3. The molecule has 0 atom stereocenters. The molecular formula is C21H13ClF2N4OS. The van der Waals surface area contributed by atoms with Gasteiger partial charge in [0, 0.05) is 24.5 Å². The Morgan fingerprint density at radius 2 is 1.80 bits per heavy atom. The lowest BCUT2D eigenvalue weighted by atomic mass is 10.1. The number of benzene rings is 2. The molecule has 0 aliphatic heterocycles. The molecule has 30 heavy (non-hydrogen) atoms. The first kappa shape index (κ1) is 20.1. The van der Waals surface area contributed by atoms with E-state index in [1.165, 1.54) is 29.4 Å². The molecule has 0 aliphatic carbocycles. The van der Waals surface area contributed by atoms with Crippen LogP contribution in [0.2, 0.25) is 5.28 Å². The fourth-order valence-electron chi connectivity index (χ4n) is 2.94. The number of carbonyl (C=O) groups is 1. The number of carbonyl (C=O) groups excluding carboxylic acids is 1. The molecule has 0 unspecified atom stereocenters. The first-order valence-electron chi connectivity index (χ1n) is 8.70. The number of anilines is 1. The number of thiazole rings is 1. The first-order chi connectivity index (χ1) is 14.5. The molecule has 0 N–H and O–H groups in total. The third-order valence-electron chi connectivity index (χ3n) is 4.41. The third kappa shape index (κ3) is 3.79. The van der Waals surface area contributed by atoms with E-state index < -0.39 is 23.1 Å². The van der Waals surface area contributed by atoms with E-state index in [1.807, 2.05) is 6.07 Å². The number of rotatable bonds is 4. The molecule has 0 bridgehead atoms. The van der Waals surface area contributed by atoms with E-state index in [2.05, 4.69) is 15.0 Å². The molecule has 2 heterocycles. The number of hydrogen-bond acceptors (Lipinski definition) is 5. The van der Waals surface area contributed by atoms with Crippen molar-refractivity contribution in [1.82, 2.24) is 15.0 Å². The van der Waals surface area contributed by atoms with Crippen molar-refractivity contribution >= 4 is 34.5 Å². The molecule has 150 valence electrons. The Balaban J connectivity index is 1.71. The van der Waals surface area contributed by atoms with Crippen molar-refractivity contribution in [2.45, 2.75) is 0 Å². The lowest BCUT2D eigenvalue weighted by Gasteiger charge is -2.19. The zero-order valence-electron chi connectivity index (χ0n) is 15.5. The van der Waals surface area contributed by atoms with Gasteiger partial charge in [0.2, 0.25) is 5.28 Å². The monoisotopic (exact) mass is 442 g/mol. The van der Waals surface area contributed by atoms with Crippen LogP contribution < -0.4 is 4.90 Å². The van der Waals surface area contributed by atoms with Gasteiger partial charge in [0.25, 0.3) is 5.91 Å². The minimum atomic E-state index is -0.912. The van der Waals surface area contributed by atoms with Crippen LogP contribution in [-0.4, -0.2) is 27.9 Å². The van der Waals surface area contributed by atoms with Gasteiger partial charge in [0.05, 0.1) is 21.8 Å². The fraction of sp³-hybridized carbons (Fsp3) is 0.0476. The Labute approximate surface area is 179 Å². The zero-order valence-corrected chi connectivity index (χ0v) is 17.1. The lowest BCUT2D eigenvalue weighted by molar-refractivity contribution is 0.0985. The summed E-state index contributed by atoms with van der Waals surface area (Å²) in [5.74, 6) is -2.61. The molecule has 0 radical (unpaired) electrons. The summed E-state index contributed by atoms with van der Waals surface area (Å²) in [5.41, 5.74) is 3.52. The predicted octanol–water partition coefficient (Wildman–Crippen LogP) is 5.48. The molecule has 5 nitrogen and oxygen atoms in total. The van der Waals surface area contributed by atoms with Gasteiger partial charge in [-0.05, 0) is 41.9 Å². The van der Waals surface area contributed by atoms with Crippen LogP contribution in [0.15, 0.2) is 60.2 Å². The molecule has 0 spiro atoms. The highest BCUT2D eigenvalue weighted by Gasteiger charge is 2.22. The molecule has 0 fully saturated rings. The molecule has 0 saturated carbocycles. The highest BCUT2D eigenvalue weighted by atomic mass is 35.5. The summed E-state index contributed by atoms with van der Waals surface area (Å²) in [6, 6.07) is 12.0. The van der Waals surface area contributed by atoms with Gasteiger partial charge < -0.3 is 4.90 Å². The van der Waals surface area contributed by atoms with Crippen LogP contribution in [0.1, 0.15) is 10.4 Å². The van der Waals surface area contributed by atoms with Crippen LogP contribution in [0.25, 0.3) is 21.8 Å². The van der Waals surface area contributed by atoms with Gasteiger partial charge in [0.15, 0.2) is 0 Å². The van der Waals surface area contributed by atoms with Gasteiger partial charge in [0.1, 0.15) is 17.2 Å². The largest absolute Gasteiger partial charge is 0.311 e. The molecule has 2 aromatic heterocycles. The van der Waals surface area contributed by atoms with Gasteiger partial charge >= 0.3 is 0 Å². The van der Waals surface area contributed by atoms with E-state index in [4.69, 9.17) is 11.6 Å². The van der Waals surface area contributed by atoms with E-state index in [0.717, 1.165) is 17.0 Å². The normalized spacial score (nSPS) is 10.8. The Morgan fingerprint density at radius 1 is 1.07 bits per heavy atom. The predicted molar refractivity (Wildman–Crippen MR) is 113 cm³/mol. The lowest BCUT2D eigenvalue weighted by Crippen LogP contribution is -2.28. The first-order valence-corrected chi connectivity index (χ1v) is 9.96. The van der Waals surface area contributed by atoms with Gasteiger partial charge in [-0.3, -0.25) is 4.79 Å². The van der Waals surface area contributed by atoms with Crippen LogP contribution in [0.3, 0.4) is 0 Å². The Bertz CT molecular complexity index is 1230. The summed E-state index contributed by atoms with van der Waals surface area (Å²) >= 11 is 7.29. The van der Waals surface area contributed by atoms with E-state index in [-0.39, 0.29) is 5.28 Å².